The number of nitrogens with one attached hydrogen (secondary N) is 1. The number of hydrogen-bond donors (Lipinski definition) is 1. The molecular formula is C22H21N3O2S. The molecule has 1 atom stereocenters. The minimum atomic E-state index is -0.377. The van der Waals surface area contributed by atoms with Crippen molar-refractivity contribution in [1.29, 1.82) is 0 Å². The van der Waals surface area contributed by atoms with E-state index in [1.807, 2.05) is 68.4 Å². The Morgan fingerprint density at radius 1 is 1.14 bits per heavy atom. The van der Waals surface area contributed by atoms with E-state index in [1.54, 1.807) is 4.90 Å². The maximum Gasteiger partial charge on any atom is 0.231 e. The monoisotopic (exact) mass is 391 g/mol. The average molecular weight is 391 g/mol. The molecule has 1 fully saturated rings. The van der Waals surface area contributed by atoms with Crippen molar-refractivity contribution >= 4 is 34.0 Å². The number of aromatic nitrogens is 1. The summed E-state index contributed by atoms with van der Waals surface area (Å²) in [7, 11) is 0. The van der Waals surface area contributed by atoms with Crippen molar-refractivity contribution in [1.82, 2.24) is 4.98 Å². The van der Waals surface area contributed by atoms with Crippen LogP contribution in [-0.4, -0.2) is 23.3 Å². The van der Waals surface area contributed by atoms with E-state index in [0.29, 0.717) is 11.7 Å². The standard InChI is InChI=1S/C22H21N3O2S/c1-14-7-6-10-18(11-14)25-13-17(12-19(25)26)21(27)24-22-23-20(15(2)28-22)16-8-4-3-5-9-16/h3-11,17H,12-13H2,1-2H3,(H,23,24,27). The predicted molar refractivity (Wildman–Crippen MR) is 113 cm³/mol. The molecule has 6 heteroatoms. The molecule has 1 saturated heterocycles. The first-order chi connectivity index (χ1) is 13.5. The van der Waals surface area contributed by atoms with Crippen molar-refractivity contribution < 1.29 is 9.59 Å². The van der Waals surface area contributed by atoms with Crippen LogP contribution in [0, 0.1) is 19.8 Å². The second-order valence-corrected chi connectivity index (χ2v) is 8.23. The fourth-order valence-corrected chi connectivity index (χ4v) is 4.29. The van der Waals surface area contributed by atoms with Crippen LogP contribution in [0.3, 0.4) is 0 Å². The van der Waals surface area contributed by atoms with Gasteiger partial charge < -0.3 is 10.2 Å². The third-order valence-corrected chi connectivity index (χ3v) is 5.77. The van der Waals surface area contributed by atoms with Gasteiger partial charge in [0.1, 0.15) is 0 Å². The van der Waals surface area contributed by atoms with Gasteiger partial charge in [0.15, 0.2) is 5.13 Å². The first kappa shape index (κ1) is 18.4. The summed E-state index contributed by atoms with van der Waals surface area (Å²) in [4.78, 5) is 32.5. The van der Waals surface area contributed by atoms with Gasteiger partial charge in [-0.25, -0.2) is 4.98 Å². The number of benzene rings is 2. The number of carbonyl (C=O) groups excluding carboxylic acids is 2. The Morgan fingerprint density at radius 3 is 2.68 bits per heavy atom. The highest BCUT2D eigenvalue weighted by molar-refractivity contribution is 7.16. The van der Waals surface area contributed by atoms with Crippen LogP contribution >= 0.6 is 11.3 Å². The van der Waals surface area contributed by atoms with Crippen molar-refractivity contribution in [3.8, 4) is 11.3 Å². The summed E-state index contributed by atoms with van der Waals surface area (Å²) in [6.45, 7) is 4.38. The molecule has 2 aromatic carbocycles. The zero-order chi connectivity index (χ0) is 19.7. The van der Waals surface area contributed by atoms with Gasteiger partial charge >= 0.3 is 0 Å². The van der Waals surface area contributed by atoms with Crippen molar-refractivity contribution in [2.24, 2.45) is 5.92 Å². The van der Waals surface area contributed by atoms with Crippen molar-refractivity contribution in [3.63, 3.8) is 0 Å². The van der Waals surface area contributed by atoms with E-state index in [2.05, 4.69) is 10.3 Å². The van der Waals surface area contributed by atoms with E-state index in [1.165, 1.54) is 11.3 Å². The number of rotatable bonds is 4. The molecule has 1 unspecified atom stereocenters. The number of carbonyl (C=O) groups is 2. The van der Waals surface area contributed by atoms with Crippen molar-refractivity contribution in [2.45, 2.75) is 20.3 Å². The summed E-state index contributed by atoms with van der Waals surface area (Å²) < 4.78 is 0. The molecule has 0 radical (unpaired) electrons. The summed E-state index contributed by atoms with van der Waals surface area (Å²) in [6, 6.07) is 17.7. The van der Waals surface area contributed by atoms with Crippen molar-refractivity contribution in [2.75, 3.05) is 16.8 Å². The highest BCUT2D eigenvalue weighted by atomic mass is 32.1. The molecule has 3 aromatic rings. The smallest absolute Gasteiger partial charge is 0.231 e. The topological polar surface area (TPSA) is 62.3 Å². The van der Waals surface area contributed by atoms with E-state index in [4.69, 9.17) is 0 Å². The summed E-state index contributed by atoms with van der Waals surface area (Å²) in [5.74, 6) is -0.555. The van der Waals surface area contributed by atoms with E-state index < -0.39 is 0 Å². The second kappa shape index (κ2) is 7.56. The van der Waals surface area contributed by atoms with Crippen LogP contribution < -0.4 is 10.2 Å². The average Bonchev–Trinajstić information content (AvgIpc) is 3.25. The fourth-order valence-electron chi connectivity index (χ4n) is 3.45. The second-order valence-electron chi connectivity index (χ2n) is 7.02. The maximum atomic E-state index is 12.7. The molecule has 1 N–H and O–H groups in total. The third kappa shape index (κ3) is 3.68. The van der Waals surface area contributed by atoms with Crippen LogP contribution in [-0.2, 0) is 9.59 Å². The fraction of sp³-hybridized carbons (Fsp3) is 0.227. The summed E-state index contributed by atoms with van der Waals surface area (Å²) in [5.41, 5.74) is 3.84. The Labute approximate surface area is 168 Å². The molecule has 4 rings (SSSR count). The lowest BCUT2D eigenvalue weighted by Gasteiger charge is -2.17. The van der Waals surface area contributed by atoms with Gasteiger partial charge in [-0.15, -0.1) is 11.3 Å². The summed E-state index contributed by atoms with van der Waals surface area (Å²) in [5, 5.41) is 3.48. The summed E-state index contributed by atoms with van der Waals surface area (Å²) >= 11 is 1.45. The Balaban J connectivity index is 1.47. The number of aryl methyl sites for hydroxylation is 2. The molecule has 1 aromatic heterocycles. The SMILES string of the molecule is Cc1cccc(N2CC(C(=O)Nc3nc(-c4ccccc4)c(C)s3)CC2=O)c1. The van der Waals surface area contributed by atoms with Crippen LogP contribution in [0.1, 0.15) is 16.9 Å². The van der Waals surface area contributed by atoms with Crippen LogP contribution in [0.5, 0.6) is 0 Å². The first-order valence-electron chi connectivity index (χ1n) is 9.22. The predicted octanol–water partition coefficient (Wildman–Crippen LogP) is 4.42. The van der Waals surface area contributed by atoms with E-state index in [-0.39, 0.29) is 24.2 Å². The molecule has 0 saturated carbocycles. The van der Waals surface area contributed by atoms with Crippen LogP contribution in [0.15, 0.2) is 54.6 Å². The number of hydrogen-bond acceptors (Lipinski definition) is 4. The number of nitrogens with zero attached hydrogens (tertiary/aromatic N) is 2. The van der Waals surface area contributed by atoms with Gasteiger partial charge in [-0.1, -0.05) is 42.5 Å². The first-order valence-corrected chi connectivity index (χ1v) is 10.0. The number of amides is 2. The zero-order valence-electron chi connectivity index (χ0n) is 15.8. The molecule has 2 heterocycles. The van der Waals surface area contributed by atoms with Gasteiger partial charge in [0.25, 0.3) is 0 Å². The molecule has 28 heavy (non-hydrogen) atoms. The van der Waals surface area contributed by atoms with E-state index >= 15 is 0 Å². The normalized spacial score (nSPS) is 16.4. The largest absolute Gasteiger partial charge is 0.312 e. The highest BCUT2D eigenvalue weighted by Crippen LogP contribution is 2.31. The van der Waals surface area contributed by atoms with Gasteiger partial charge in [-0.3, -0.25) is 9.59 Å². The van der Waals surface area contributed by atoms with Crippen LogP contribution in [0.25, 0.3) is 11.3 Å². The lowest BCUT2D eigenvalue weighted by Crippen LogP contribution is -2.28. The van der Waals surface area contributed by atoms with Gasteiger partial charge in [0.2, 0.25) is 11.8 Å². The van der Waals surface area contributed by atoms with E-state index in [0.717, 1.165) is 27.4 Å². The quantitative estimate of drug-likeness (QED) is 0.716. The lowest BCUT2D eigenvalue weighted by molar-refractivity contribution is -0.122. The molecule has 1 aliphatic heterocycles. The molecule has 2 amide bonds. The summed E-state index contributed by atoms with van der Waals surface area (Å²) in [6.07, 6.45) is 0.218. The molecular weight excluding hydrogens is 370 g/mol. The van der Waals surface area contributed by atoms with Gasteiger partial charge in [-0.2, -0.15) is 0 Å². The minimum Gasteiger partial charge on any atom is -0.312 e. The third-order valence-electron chi connectivity index (χ3n) is 4.88. The highest BCUT2D eigenvalue weighted by Gasteiger charge is 2.35. The zero-order valence-corrected chi connectivity index (χ0v) is 16.6. The molecule has 0 aliphatic carbocycles. The van der Waals surface area contributed by atoms with Gasteiger partial charge in [0.05, 0.1) is 11.6 Å². The number of thiazole rings is 1. The van der Waals surface area contributed by atoms with Crippen LogP contribution in [0.4, 0.5) is 10.8 Å². The molecule has 1 aliphatic rings. The molecule has 5 nitrogen and oxygen atoms in total. The lowest BCUT2D eigenvalue weighted by atomic mass is 10.1. The van der Waals surface area contributed by atoms with Crippen LogP contribution in [0.2, 0.25) is 0 Å². The Hall–Kier alpha value is -2.99. The number of anilines is 2. The Kier molecular flexibility index (Phi) is 4.96. The van der Waals surface area contributed by atoms with Crippen molar-refractivity contribution in [3.05, 3.63) is 65.0 Å². The Bertz CT molecular complexity index is 1030. The maximum absolute atomic E-state index is 12.7. The molecule has 0 bridgehead atoms. The minimum absolute atomic E-state index is 0.0222. The van der Waals surface area contributed by atoms with Gasteiger partial charge in [0, 0.05) is 29.1 Å². The van der Waals surface area contributed by atoms with Gasteiger partial charge in [-0.05, 0) is 31.5 Å². The molecule has 0 spiro atoms. The Morgan fingerprint density at radius 2 is 1.93 bits per heavy atom. The van der Waals surface area contributed by atoms with E-state index in [9.17, 15) is 9.59 Å². The molecule has 142 valence electrons.